The van der Waals surface area contributed by atoms with Crippen LogP contribution in [-0.4, -0.2) is 40.3 Å². The Balaban J connectivity index is 1.95. The van der Waals surface area contributed by atoms with E-state index in [9.17, 15) is 4.79 Å². The Morgan fingerprint density at radius 1 is 1.56 bits per heavy atom. The number of primary amides is 1. The van der Waals surface area contributed by atoms with Crippen molar-refractivity contribution in [1.29, 1.82) is 0 Å². The number of aromatic nitrogens is 2. The van der Waals surface area contributed by atoms with Crippen molar-refractivity contribution in [2.24, 2.45) is 11.7 Å². The number of amides is 1. The van der Waals surface area contributed by atoms with Gasteiger partial charge in [0.1, 0.15) is 0 Å². The predicted molar refractivity (Wildman–Crippen MR) is 66.5 cm³/mol. The van der Waals surface area contributed by atoms with Gasteiger partial charge in [-0.15, -0.1) is 0 Å². The molecule has 1 fully saturated rings. The number of hydrogen-bond donors (Lipinski definition) is 2. The highest BCUT2D eigenvalue weighted by Crippen LogP contribution is 2.26. The molecule has 0 aromatic carbocycles. The zero-order valence-corrected chi connectivity index (χ0v) is 9.78. The molecular weight excluding hydrogens is 232 g/mol. The van der Waals surface area contributed by atoms with E-state index in [0.717, 1.165) is 18.8 Å². The van der Waals surface area contributed by atoms with Crippen LogP contribution in [0.2, 0.25) is 0 Å². The number of nitrogens with zero attached hydrogens (tertiary/aromatic N) is 3. The van der Waals surface area contributed by atoms with Crippen molar-refractivity contribution in [3.8, 4) is 0 Å². The van der Waals surface area contributed by atoms with Crippen LogP contribution in [0.4, 0.5) is 5.69 Å². The molecule has 2 aromatic heterocycles. The monoisotopic (exact) mass is 246 g/mol. The van der Waals surface area contributed by atoms with E-state index >= 15 is 0 Å². The van der Waals surface area contributed by atoms with E-state index in [1.807, 2.05) is 18.3 Å². The standard InChI is InChI=1S/C12H14N4O2/c13-12(18)10-4-14-16-2-1-9(3-11(10)16)15-5-8(6-15)7-17/h1-4,8,17H,5-7H2,(H2,13,18). The lowest BCUT2D eigenvalue weighted by Crippen LogP contribution is -2.48. The van der Waals surface area contributed by atoms with Crippen LogP contribution in [0.15, 0.2) is 24.5 Å². The smallest absolute Gasteiger partial charge is 0.252 e. The average molecular weight is 246 g/mol. The lowest BCUT2D eigenvalue weighted by molar-refractivity contribution is 0.100. The minimum absolute atomic E-state index is 0.220. The lowest BCUT2D eigenvalue weighted by Gasteiger charge is -2.40. The van der Waals surface area contributed by atoms with Gasteiger partial charge >= 0.3 is 0 Å². The summed E-state index contributed by atoms with van der Waals surface area (Å²) in [6, 6.07) is 3.85. The molecule has 1 aliphatic rings. The van der Waals surface area contributed by atoms with E-state index < -0.39 is 5.91 Å². The van der Waals surface area contributed by atoms with E-state index in [0.29, 0.717) is 17.0 Å². The van der Waals surface area contributed by atoms with Gasteiger partial charge in [-0.2, -0.15) is 5.10 Å². The maximum atomic E-state index is 11.3. The van der Waals surface area contributed by atoms with Crippen LogP contribution < -0.4 is 10.6 Å². The van der Waals surface area contributed by atoms with E-state index in [1.165, 1.54) is 6.20 Å². The number of rotatable bonds is 3. The van der Waals surface area contributed by atoms with Crippen molar-refractivity contribution < 1.29 is 9.90 Å². The molecule has 3 rings (SSSR count). The molecule has 1 amide bonds. The minimum Gasteiger partial charge on any atom is -0.396 e. The van der Waals surface area contributed by atoms with Gasteiger partial charge in [0.15, 0.2) is 0 Å². The van der Waals surface area contributed by atoms with Gasteiger partial charge in [0.2, 0.25) is 0 Å². The van der Waals surface area contributed by atoms with Crippen LogP contribution in [0.5, 0.6) is 0 Å². The number of anilines is 1. The highest BCUT2D eigenvalue weighted by Gasteiger charge is 2.26. The first kappa shape index (κ1) is 11.0. The maximum absolute atomic E-state index is 11.3. The van der Waals surface area contributed by atoms with Gasteiger partial charge in [-0.25, -0.2) is 4.52 Å². The second-order valence-electron chi connectivity index (χ2n) is 4.59. The van der Waals surface area contributed by atoms with Crippen molar-refractivity contribution in [2.45, 2.75) is 0 Å². The SMILES string of the molecule is NC(=O)c1cnn2ccc(N3CC(CO)C3)cc12. The van der Waals surface area contributed by atoms with Gasteiger partial charge in [-0.3, -0.25) is 4.79 Å². The third-order valence-corrected chi connectivity index (χ3v) is 3.35. The zero-order chi connectivity index (χ0) is 12.7. The fourth-order valence-corrected chi connectivity index (χ4v) is 2.25. The van der Waals surface area contributed by atoms with Crippen LogP contribution in [0.25, 0.3) is 5.52 Å². The number of carbonyl (C=O) groups is 1. The Bertz CT molecular complexity index is 601. The van der Waals surface area contributed by atoms with E-state index in [1.54, 1.807) is 4.52 Å². The fraction of sp³-hybridized carbons (Fsp3) is 0.333. The molecule has 0 spiro atoms. The van der Waals surface area contributed by atoms with Crippen molar-refractivity contribution >= 4 is 17.1 Å². The molecule has 3 heterocycles. The van der Waals surface area contributed by atoms with Crippen LogP contribution >= 0.6 is 0 Å². The van der Waals surface area contributed by atoms with Gasteiger partial charge in [0.05, 0.1) is 17.3 Å². The largest absolute Gasteiger partial charge is 0.396 e. The van der Waals surface area contributed by atoms with Crippen molar-refractivity contribution in [3.63, 3.8) is 0 Å². The quantitative estimate of drug-likeness (QED) is 0.789. The van der Waals surface area contributed by atoms with E-state index in [-0.39, 0.29) is 6.61 Å². The van der Waals surface area contributed by atoms with Gasteiger partial charge in [0.25, 0.3) is 5.91 Å². The molecule has 1 saturated heterocycles. The molecule has 0 saturated carbocycles. The highest BCUT2D eigenvalue weighted by molar-refractivity contribution is 5.99. The van der Waals surface area contributed by atoms with Gasteiger partial charge < -0.3 is 15.7 Å². The summed E-state index contributed by atoms with van der Waals surface area (Å²) in [4.78, 5) is 13.4. The summed E-state index contributed by atoms with van der Waals surface area (Å²) in [5.74, 6) is -0.124. The molecule has 1 aliphatic heterocycles. The Morgan fingerprint density at radius 2 is 2.33 bits per heavy atom. The minimum atomic E-state index is -0.473. The fourth-order valence-electron chi connectivity index (χ4n) is 2.25. The Kier molecular flexibility index (Phi) is 2.45. The third kappa shape index (κ3) is 1.62. The van der Waals surface area contributed by atoms with Gasteiger partial charge in [-0.05, 0) is 12.1 Å². The molecule has 18 heavy (non-hydrogen) atoms. The highest BCUT2D eigenvalue weighted by atomic mass is 16.3. The molecule has 0 bridgehead atoms. The molecule has 6 nitrogen and oxygen atoms in total. The van der Waals surface area contributed by atoms with Crippen molar-refractivity contribution in [1.82, 2.24) is 9.61 Å². The first-order valence-corrected chi connectivity index (χ1v) is 5.82. The van der Waals surface area contributed by atoms with Crippen LogP contribution in [-0.2, 0) is 0 Å². The first-order valence-electron chi connectivity index (χ1n) is 5.82. The Labute approximate surface area is 104 Å². The summed E-state index contributed by atoms with van der Waals surface area (Å²) >= 11 is 0. The van der Waals surface area contributed by atoms with Gasteiger partial charge in [-0.1, -0.05) is 0 Å². The number of fused-ring (bicyclic) bond motifs is 1. The molecule has 2 aromatic rings. The molecule has 0 radical (unpaired) electrons. The topological polar surface area (TPSA) is 83.9 Å². The number of nitrogens with two attached hydrogens (primary N) is 1. The summed E-state index contributed by atoms with van der Waals surface area (Å²) in [6.45, 7) is 1.90. The molecule has 0 aliphatic carbocycles. The maximum Gasteiger partial charge on any atom is 0.252 e. The van der Waals surface area contributed by atoms with E-state index in [2.05, 4.69) is 10.00 Å². The number of pyridine rings is 1. The van der Waals surface area contributed by atoms with E-state index in [4.69, 9.17) is 10.8 Å². The number of aliphatic hydroxyl groups excluding tert-OH is 1. The molecule has 0 unspecified atom stereocenters. The summed E-state index contributed by atoms with van der Waals surface area (Å²) in [7, 11) is 0. The van der Waals surface area contributed by atoms with Crippen molar-refractivity contribution in [3.05, 3.63) is 30.1 Å². The normalized spacial score (nSPS) is 15.9. The number of carbonyl (C=O) groups excluding carboxylic acids is 1. The molecule has 0 atom stereocenters. The molecular formula is C12H14N4O2. The first-order chi connectivity index (χ1) is 8.69. The third-order valence-electron chi connectivity index (χ3n) is 3.35. The summed E-state index contributed by atoms with van der Waals surface area (Å²) < 4.78 is 1.63. The van der Waals surface area contributed by atoms with Crippen LogP contribution in [0.1, 0.15) is 10.4 Å². The zero-order valence-electron chi connectivity index (χ0n) is 9.78. The molecule has 94 valence electrons. The second kappa shape index (κ2) is 3.99. The van der Waals surface area contributed by atoms with Crippen LogP contribution in [0.3, 0.4) is 0 Å². The number of hydrogen-bond acceptors (Lipinski definition) is 4. The Morgan fingerprint density at radius 3 is 3.00 bits per heavy atom. The lowest BCUT2D eigenvalue weighted by atomic mass is 10.0. The molecule has 3 N–H and O–H groups in total. The number of aliphatic hydroxyl groups is 1. The molecule has 6 heteroatoms. The predicted octanol–water partition coefficient (Wildman–Crippen LogP) is -0.138. The summed E-state index contributed by atoms with van der Waals surface area (Å²) in [5, 5.41) is 13.1. The summed E-state index contributed by atoms with van der Waals surface area (Å²) in [6.07, 6.45) is 3.29. The second-order valence-corrected chi connectivity index (χ2v) is 4.59. The van der Waals surface area contributed by atoms with Crippen LogP contribution in [0, 0.1) is 5.92 Å². The van der Waals surface area contributed by atoms with Crippen molar-refractivity contribution in [2.75, 3.05) is 24.6 Å². The summed E-state index contributed by atoms with van der Waals surface area (Å²) in [5.41, 5.74) is 7.47. The van der Waals surface area contributed by atoms with Gasteiger partial charge in [0, 0.05) is 37.5 Å². The Hall–Kier alpha value is -2.08. The average Bonchev–Trinajstić information content (AvgIpc) is 2.70.